The zero-order chi connectivity index (χ0) is 17.2. The van der Waals surface area contributed by atoms with Crippen LogP contribution in [0.3, 0.4) is 0 Å². The van der Waals surface area contributed by atoms with Crippen LogP contribution >= 0.6 is 22.9 Å². The molecule has 4 aromatic rings. The summed E-state index contributed by atoms with van der Waals surface area (Å²) in [5.74, 6) is 0.822. The molecule has 126 valence electrons. The average molecular weight is 370 g/mol. The summed E-state index contributed by atoms with van der Waals surface area (Å²) in [6, 6.07) is 18.1. The molecule has 0 amide bonds. The molecule has 0 aliphatic rings. The number of aromatic nitrogens is 4. The highest BCUT2D eigenvalue weighted by Gasteiger charge is 2.15. The maximum atomic E-state index is 6.28. The van der Waals surface area contributed by atoms with E-state index in [0.717, 1.165) is 27.9 Å². The van der Waals surface area contributed by atoms with Crippen LogP contribution in [0.1, 0.15) is 11.4 Å². The van der Waals surface area contributed by atoms with Gasteiger partial charge in [-0.05, 0) is 18.7 Å². The zero-order valence-electron chi connectivity index (χ0n) is 13.6. The van der Waals surface area contributed by atoms with Crippen molar-refractivity contribution < 1.29 is 0 Å². The molecule has 0 atom stereocenters. The lowest BCUT2D eigenvalue weighted by molar-refractivity contribution is 0.308. The number of benzene rings is 2. The highest BCUT2D eigenvalue weighted by atomic mass is 35.5. The molecule has 5 nitrogen and oxygen atoms in total. The van der Waals surface area contributed by atoms with E-state index < -0.39 is 0 Å². The maximum absolute atomic E-state index is 6.28. The lowest BCUT2D eigenvalue weighted by Crippen LogP contribution is -2.19. The van der Waals surface area contributed by atoms with Crippen molar-refractivity contribution >= 4 is 27.9 Å². The molecule has 0 unspecified atom stereocenters. The van der Waals surface area contributed by atoms with Gasteiger partial charge in [0.2, 0.25) is 4.96 Å². The van der Waals surface area contributed by atoms with Gasteiger partial charge in [-0.3, -0.25) is 4.90 Å². The van der Waals surface area contributed by atoms with Crippen LogP contribution in [0.25, 0.3) is 15.5 Å². The van der Waals surface area contributed by atoms with E-state index in [1.54, 1.807) is 0 Å². The van der Waals surface area contributed by atoms with E-state index in [-0.39, 0.29) is 0 Å². The molecule has 0 spiro atoms. The molecule has 25 heavy (non-hydrogen) atoms. The van der Waals surface area contributed by atoms with Crippen LogP contribution in [0.15, 0.2) is 54.6 Å². The Kier molecular flexibility index (Phi) is 4.48. The van der Waals surface area contributed by atoms with E-state index in [9.17, 15) is 0 Å². The van der Waals surface area contributed by atoms with Crippen LogP contribution in [-0.2, 0) is 13.1 Å². The van der Waals surface area contributed by atoms with Gasteiger partial charge in [-0.2, -0.15) is 9.61 Å². The Bertz CT molecular complexity index is 995. The number of halogens is 1. The largest absolute Gasteiger partial charge is 0.295 e. The zero-order valence-corrected chi connectivity index (χ0v) is 15.2. The molecule has 2 aromatic heterocycles. The number of hydrogen-bond donors (Lipinski definition) is 0. The molecule has 0 fully saturated rings. The lowest BCUT2D eigenvalue weighted by Gasteiger charge is -2.14. The fraction of sp³-hybridized carbons (Fsp3) is 0.167. The van der Waals surface area contributed by atoms with E-state index >= 15 is 0 Å². The van der Waals surface area contributed by atoms with Crippen molar-refractivity contribution in [3.8, 4) is 10.6 Å². The molecule has 0 saturated carbocycles. The number of hydrogen-bond acceptors (Lipinski definition) is 5. The highest BCUT2D eigenvalue weighted by Crippen LogP contribution is 2.31. The van der Waals surface area contributed by atoms with Gasteiger partial charge >= 0.3 is 0 Å². The smallest absolute Gasteiger partial charge is 0.235 e. The Morgan fingerprint density at radius 2 is 1.76 bits per heavy atom. The first-order valence-corrected chi connectivity index (χ1v) is 9.08. The molecule has 7 heteroatoms. The van der Waals surface area contributed by atoms with Gasteiger partial charge in [0.1, 0.15) is 5.01 Å². The summed E-state index contributed by atoms with van der Waals surface area (Å²) in [7, 11) is 2.06. The average Bonchev–Trinajstić information content (AvgIpc) is 3.18. The fourth-order valence-corrected chi connectivity index (χ4v) is 3.87. The molecule has 2 heterocycles. The van der Waals surface area contributed by atoms with E-state index in [2.05, 4.69) is 51.5 Å². The van der Waals surface area contributed by atoms with E-state index in [1.807, 2.05) is 34.8 Å². The van der Waals surface area contributed by atoms with Gasteiger partial charge in [-0.25, -0.2) is 0 Å². The Morgan fingerprint density at radius 1 is 1.00 bits per heavy atom. The van der Waals surface area contributed by atoms with Crippen molar-refractivity contribution in [3.63, 3.8) is 0 Å². The molecule has 0 bridgehead atoms. The quantitative estimate of drug-likeness (QED) is 0.530. The standard InChI is InChI=1S/C18H16ClN5S/c1-23(11-13-7-3-2-4-8-13)12-16-20-21-18-24(16)22-17(25-18)14-9-5-6-10-15(14)19/h2-10H,11-12H2,1H3. The molecule has 0 saturated heterocycles. The van der Waals surface area contributed by atoms with Gasteiger partial charge in [0.25, 0.3) is 0 Å². The second-order valence-electron chi connectivity index (χ2n) is 5.86. The fourth-order valence-electron chi connectivity index (χ4n) is 2.69. The second-order valence-corrected chi connectivity index (χ2v) is 7.22. The predicted octanol–water partition coefficient (Wildman–Crippen LogP) is 4.14. The summed E-state index contributed by atoms with van der Waals surface area (Å²) in [6.45, 7) is 1.51. The van der Waals surface area contributed by atoms with Gasteiger partial charge in [0, 0.05) is 12.1 Å². The number of fused-ring (bicyclic) bond motifs is 1. The summed E-state index contributed by atoms with van der Waals surface area (Å²) in [6.07, 6.45) is 0. The van der Waals surface area contributed by atoms with Gasteiger partial charge < -0.3 is 0 Å². The SMILES string of the molecule is CN(Cc1ccccc1)Cc1nnc2sc(-c3ccccc3Cl)nn12. The van der Waals surface area contributed by atoms with Crippen LogP contribution in [0, 0.1) is 0 Å². The number of rotatable bonds is 5. The third kappa shape index (κ3) is 3.42. The predicted molar refractivity (Wildman–Crippen MR) is 101 cm³/mol. The van der Waals surface area contributed by atoms with Crippen LogP contribution in [0.2, 0.25) is 5.02 Å². The van der Waals surface area contributed by atoms with Crippen LogP contribution in [0.5, 0.6) is 0 Å². The Balaban J connectivity index is 1.57. The minimum atomic E-state index is 0.668. The van der Waals surface area contributed by atoms with Crippen LogP contribution in [0.4, 0.5) is 0 Å². The minimum absolute atomic E-state index is 0.668. The first-order valence-electron chi connectivity index (χ1n) is 7.89. The Labute approximate surface area is 154 Å². The molecular formula is C18H16ClN5S. The molecule has 4 rings (SSSR count). The first-order chi connectivity index (χ1) is 12.2. The Morgan fingerprint density at radius 3 is 2.56 bits per heavy atom. The van der Waals surface area contributed by atoms with Crippen LogP contribution < -0.4 is 0 Å². The maximum Gasteiger partial charge on any atom is 0.235 e. The first kappa shape index (κ1) is 16.2. The van der Waals surface area contributed by atoms with Gasteiger partial charge in [-0.1, -0.05) is 71.5 Å². The highest BCUT2D eigenvalue weighted by molar-refractivity contribution is 7.19. The van der Waals surface area contributed by atoms with Crippen LogP contribution in [-0.4, -0.2) is 31.8 Å². The topological polar surface area (TPSA) is 46.3 Å². The van der Waals surface area contributed by atoms with Gasteiger partial charge in [0.05, 0.1) is 11.6 Å². The van der Waals surface area contributed by atoms with Crippen molar-refractivity contribution in [1.29, 1.82) is 0 Å². The summed E-state index contributed by atoms with van der Waals surface area (Å²) in [4.78, 5) is 2.97. The van der Waals surface area contributed by atoms with E-state index in [0.29, 0.717) is 11.6 Å². The van der Waals surface area contributed by atoms with E-state index in [4.69, 9.17) is 11.6 Å². The summed E-state index contributed by atoms with van der Waals surface area (Å²) in [5, 5.41) is 14.7. The molecule has 2 aromatic carbocycles. The number of nitrogens with zero attached hydrogens (tertiary/aromatic N) is 5. The summed E-state index contributed by atoms with van der Waals surface area (Å²) < 4.78 is 1.81. The molecule has 0 radical (unpaired) electrons. The van der Waals surface area contributed by atoms with E-state index in [1.165, 1.54) is 16.9 Å². The monoisotopic (exact) mass is 369 g/mol. The summed E-state index contributed by atoms with van der Waals surface area (Å²) >= 11 is 7.77. The molecule has 0 N–H and O–H groups in total. The molecule has 0 aliphatic carbocycles. The van der Waals surface area contributed by atoms with Crippen molar-refractivity contribution in [1.82, 2.24) is 24.7 Å². The van der Waals surface area contributed by atoms with Gasteiger partial charge in [-0.15, -0.1) is 10.2 Å². The summed E-state index contributed by atoms with van der Waals surface area (Å²) in [5.41, 5.74) is 2.18. The van der Waals surface area contributed by atoms with Crippen molar-refractivity contribution in [2.45, 2.75) is 13.1 Å². The van der Waals surface area contributed by atoms with Crippen molar-refractivity contribution in [2.24, 2.45) is 0 Å². The third-order valence-electron chi connectivity index (χ3n) is 3.87. The minimum Gasteiger partial charge on any atom is -0.295 e. The second kappa shape index (κ2) is 6.92. The van der Waals surface area contributed by atoms with Crippen molar-refractivity contribution in [2.75, 3.05) is 7.05 Å². The van der Waals surface area contributed by atoms with Crippen molar-refractivity contribution in [3.05, 3.63) is 71.0 Å². The van der Waals surface area contributed by atoms with Gasteiger partial charge in [0.15, 0.2) is 5.82 Å². The normalized spacial score (nSPS) is 11.5. The lowest BCUT2D eigenvalue weighted by atomic mass is 10.2. The molecular weight excluding hydrogens is 354 g/mol. The third-order valence-corrected chi connectivity index (χ3v) is 5.13. The Hall–Kier alpha value is -2.28. The molecule has 0 aliphatic heterocycles.